The molecular weight excluding hydrogens is 216 g/mol. The van der Waals surface area contributed by atoms with Crippen molar-refractivity contribution in [3.63, 3.8) is 0 Å². The maximum Gasteiger partial charge on any atom is 0.222 e. The maximum atomic E-state index is 11.4. The van der Waals surface area contributed by atoms with E-state index in [2.05, 4.69) is 12.2 Å². The van der Waals surface area contributed by atoms with E-state index in [-0.39, 0.29) is 0 Å². The van der Waals surface area contributed by atoms with Crippen LogP contribution >= 0.6 is 0 Å². The zero-order valence-electron chi connectivity index (χ0n) is 10.8. The molecule has 0 aromatic rings. The van der Waals surface area contributed by atoms with Crippen molar-refractivity contribution in [3.8, 4) is 0 Å². The fraction of sp³-hybridized carbons (Fsp3) is 0.923. The van der Waals surface area contributed by atoms with Gasteiger partial charge in [0.15, 0.2) is 0 Å². The van der Waals surface area contributed by atoms with E-state index in [1.54, 1.807) is 0 Å². The normalized spacial score (nSPS) is 26.8. The molecule has 0 spiro atoms. The van der Waals surface area contributed by atoms with Gasteiger partial charge in [-0.15, -0.1) is 0 Å². The molecule has 0 bridgehead atoms. The van der Waals surface area contributed by atoms with Crippen LogP contribution in [0.25, 0.3) is 0 Å². The number of nitrogens with zero attached hydrogens (tertiary/aromatic N) is 1. The highest BCUT2D eigenvalue weighted by Gasteiger charge is 2.22. The lowest BCUT2D eigenvalue weighted by atomic mass is 10.1. The number of ether oxygens (including phenoxy) is 1. The van der Waals surface area contributed by atoms with Crippen molar-refractivity contribution >= 4 is 5.91 Å². The number of likely N-dealkylation sites (tertiary alicyclic amines) is 1. The molecule has 0 aromatic heterocycles. The Morgan fingerprint density at radius 3 is 3.06 bits per heavy atom. The predicted molar refractivity (Wildman–Crippen MR) is 66.9 cm³/mol. The minimum atomic E-state index is 0.331. The topological polar surface area (TPSA) is 41.6 Å². The lowest BCUT2D eigenvalue weighted by Gasteiger charge is -2.21. The van der Waals surface area contributed by atoms with E-state index in [1.165, 1.54) is 12.8 Å². The molecule has 2 fully saturated rings. The minimum absolute atomic E-state index is 0.331. The van der Waals surface area contributed by atoms with Crippen molar-refractivity contribution in [1.82, 2.24) is 10.2 Å². The van der Waals surface area contributed by atoms with E-state index in [1.807, 2.05) is 4.90 Å². The number of carbonyl (C=O) groups is 1. The van der Waals surface area contributed by atoms with Crippen molar-refractivity contribution in [2.75, 3.05) is 26.2 Å². The van der Waals surface area contributed by atoms with Gasteiger partial charge in [0.1, 0.15) is 0 Å². The van der Waals surface area contributed by atoms with Gasteiger partial charge in [-0.1, -0.05) is 0 Å². The van der Waals surface area contributed by atoms with Crippen LogP contribution in [0.1, 0.15) is 39.0 Å². The summed E-state index contributed by atoms with van der Waals surface area (Å²) in [6, 6.07) is 0.437. The summed E-state index contributed by atoms with van der Waals surface area (Å²) in [5.74, 6) is 0.331. The fourth-order valence-corrected chi connectivity index (χ4v) is 2.67. The van der Waals surface area contributed by atoms with Gasteiger partial charge in [-0.05, 0) is 39.2 Å². The summed E-state index contributed by atoms with van der Waals surface area (Å²) >= 11 is 0. The van der Waals surface area contributed by atoms with E-state index in [0.717, 1.165) is 45.5 Å². The number of nitrogens with one attached hydrogen (secondary N) is 1. The molecule has 1 amide bonds. The Bertz CT molecular complexity index is 252. The summed E-state index contributed by atoms with van der Waals surface area (Å²) in [6.07, 6.45) is 5.60. The molecule has 2 heterocycles. The largest absolute Gasteiger partial charge is 0.377 e. The highest BCUT2D eigenvalue weighted by molar-refractivity contribution is 5.77. The number of rotatable bonds is 6. The Morgan fingerprint density at radius 2 is 2.41 bits per heavy atom. The quantitative estimate of drug-likeness (QED) is 0.708. The smallest absolute Gasteiger partial charge is 0.222 e. The molecule has 1 N–H and O–H groups in total. The summed E-state index contributed by atoms with van der Waals surface area (Å²) in [6.45, 7) is 5.95. The second-order valence-electron chi connectivity index (χ2n) is 5.13. The summed E-state index contributed by atoms with van der Waals surface area (Å²) in [4.78, 5) is 13.4. The van der Waals surface area contributed by atoms with Gasteiger partial charge >= 0.3 is 0 Å². The van der Waals surface area contributed by atoms with Crippen molar-refractivity contribution in [3.05, 3.63) is 0 Å². The Kier molecular flexibility index (Phi) is 4.80. The molecule has 2 aliphatic heterocycles. The molecule has 2 aliphatic rings. The number of carbonyl (C=O) groups excluding carboxylic acids is 1. The van der Waals surface area contributed by atoms with E-state index in [4.69, 9.17) is 4.74 Å². The maximum absolute atomic E-state index is 11.4. The van der Waals surface area contributed by atoms with Gasteiger partial charge in [0, 0.05) is 32.2 Å². The second kappa shape index (κ2) is 6.36. The van der Waals surface area contributed by atoms with Gasteiger partial charge in [0.25, 0.3) is 0 Å². The van der Waals surface area contributed by atoms with Crippen LogP contribution in [0.3, 0.4) is 0 Å². The van der Waals surface area contributed by atoms with Crippen LogP contribution in [0.2, 0.25) is 0 Å². The SMILES string of the molecule is C[C@H](NCCCN1CCCC1=O)[C@H]1CCCO1. The molecule has 0 unspecified atom stereocenters. The molecular formula is C13H24N2O2. The van der Waals surface area contributed by atoms with Crippen molar-refractivity contribution < 1.29 is 9.53 Å². The summed E-state index contributed by atoms with van der Waals surface area (Å²) < 4.78 is 5.64. The Morgan fingerprint density at radius 1 is 1.53 bits per heavy atom. The van der Waals surface area contributed by atoms with E-state index < -0.39 is 0 Å². The molecule has 4 heteroatoms. The fourth-order valence-electron chi connectivity index (χ4n) is 2.67. The Labute approximate surface area is 104 Å². The van der Waals surface area contributed by atoms with Gasteiger partial charge < -0.3 is 15.0 Å². The van der Waals surface area contributed by atoms with E-state index >= 15 is 0 Å². The first-order valence-electron chi connectivity index (χ1n) is 6.90. The third-order valence-corrected chi connectivity index (χ3v) is 3.77. The van der Waals surface area contributed by atoms with E-state index in [0.29, 0.717) is 18.1 Å². The van der Waals surface area contributed by atoms with E-state index in [9.17, 15) is 4.79 Å². The lowest BCUT2D eigenvalue weighted by molar-refractivity contribution is -0.127. The van der Waals surface area contributed by atoms with Crippen molar-refractivity contribution in [2.24, 2.45) is 0 Å². The molecule has 0 radical (unpaired) electrons. The summed E-state index contributed by atoms with van der Waals surface area (Å²) in [7, 11) is 0. The van der Waals surface area contributed by atoms with Crippen LogP contribution in [0.5, 0.6) is 0 Å². The molecule has 2 atom stereocenters. The van der Waals surface area contributed by atoms with Crippen LogP contribution in [-0.2, 0) is 9.53 Å². The van der Waals surface area contributed by atoms with Crippen LogP contribution in [0, 0.1) is 0 Å². The standard InChI is InChI=1S/C13H24N2O2/c1-11(12-5-3-10-17-12)14-7-4-9-15-8-2-6-13(15)16/h11-12,14H,2-10H2,1H3/t11-,12+/m0/s1. The second-order valence-corrected chi connectivity index (χ2v) is 5.13. The average Bonchev–Trinajstić information content (AvgIpc) is 2.96. The Hall–Kier alpha value is -0.610. The molecule has 2 saturated heterocycles. The number of hydrogen-bond acceptors (Lipinski definition) is 3. The monoisotopic (exact) mass is 240 g/mol. The summed E-state index contributed by atoms with van der Waals surface area (Å²) in [5, 5.41) is 3.50. The molecule has 4 nitrogen and oxygen atoms in total. The highest BCUT2D eigenvalue weighted by atomic mass is 16.5. The highest BCUT2D eigenvalue weighted by Crippen LogP contribution is 2.15. The van der Waals surface area contributed by atoms with Gasteiger partial charge in [-0.3, -0.25) is 4.79 Å². The minimum Gasteiger partial charge on any atom is -0.377 e. The van der Waals surface area contributed by atoms with Crippen molar-refractivity contribution in [2.45, 2.75) is 51.2 Å². The van der Waals surface area contributed by atoms with Crippen LogP contribution in [0.4, 0.5) is 0 Å². The average molecular weight is 240 g/mol. The van der Waals surface area contributed by atoms with Gasteiger partial charge in [0.05, 0.1) is 6.10 Å². The molecule has 0 aliphatic carbocycles. The first-order chi connectivity index (χ1) is 8.27. The Balaban J connectivity index is 1.54. The first kappa shape index (κ1) is 12.8. The van der Waals surface area contributed by atoms with Gasteiger partial charge in [-0.2, -0.15) is 0 Å². The molecule has 98 valence electrons. The molecule has 0 saturated carbocycles. The summed E-state index contributed by atoms with van der Waals surface area (Å²) in [5.41, 5.74) is 0. The molecule has 17 heavy (non-hydrogen) atoms. The van der Waals surface area contributed by atoms with Crippen LogP contribution < -0.4 is 5.32 Å². The molecule has 2 rings (SSSR count). The van der Waals surface area contributed by atoms with Crippen LogP contribution in [0.15, 0.2) is 0 Å². The molecule has 0 aromatic carbocycles. The lowest BCUT2D eigenvalue weighted by Crippen LogP contribution is -2.38. The predicted octanol–water partition coefficient (Wildman–Crippen LogP) is 1.16. The third kappa shape index (κ3) is 3.68. The van der Waals surface area contributed by atoms with Gasteiger partial charge in [0.2, 0.25) is 5.91 Å². The number of hydrogen-bond donors (Lipinski definition) is 1. The van der Waals surface area contributed by atoms with Crippen LogP contribution in [-0.4, -0.2) is 49.2 Å². The zero-order valence-corrected chi connectivity index (χ0v) is 10.8. The first-order valence-corrected chi connectivity index (χ1v) is 6.90. The number of amides is 1. The van der Waals surface area contributed by atoms with Gasteiger partial charge in [-0.25, -0.2) is 0 Å². The van der Waals surface area contributed by atoms with Crippen molar-refractivity contribution in [1.29, 1.82) is 0 Å². The zero-order chi connectivity index (χ0) is 12.1. The third-order valence-electron chi connectivity index (χ3n) is 3.77.